The van der Waals surface area contributed by atoms with Crippen molar-refractivity contribution in [3.05, 3.63) is 94.3 Å². The number of hydrogen-bond acceptors (Lipinski definition) is 6. The van der Waals surface area contributed by atoms with Crippen LogP contribution in [0.1, 0.15) is 37.4 Å². The Morgan fingerprint density at radius 2 is 1.78 bits per heavy atom. The molecule has 162 valence electrons. The average Bonchev–Trinajstić information content (AvgIpc) is 2.81. The highest BCUT2D eigenvalue weighted by atomic mass is 19.1. The van der Waals surface area contributed by atoms with Gasteiger partial charge >= 0.3 is 5.97 Å². The molecular weight excluding hydrogens is 413 g/mol. The van der Waals surface area contributed by atoms with Crippen LogP contribution in [0.3, 0.4) is 0 Å². The molecule has 0 fully saturated rings. The third-order valence-corrected chi connectivity index (χ3v) is 4.60. The third-order valence-electron chi connectivity index (χ3n) is 4.60. The quantitative estimate of drug-likeness (QED) is 0.423. The van der Waals surface area contributed by atoms with E-state index in [9.17, 15) is 14.0 Å². The summed E-state index contributed by atoms with van der Waals surface area (Å²) in [6, 6.07) is 18.4. The average molecular weight is 433 g/mol. The van der Waals surface area contributed by atoms with Crippen LogP contribution in [-0.4, -0.2) is 19.0 Å². The molecule has 2 N–H and O–H groups in total. The number of anilines is 2. The van der Waals surface area contributed by atoms with Gasteiger partial charge in [0.25, 0.3) is 5.91 Å². The Hall–Kier alpha value is -4.22. The van der Waals surface area contributed by atoms with Crippen LogP contribution < -0.4 is 10.8 Å². The Kier molecular flexibility index (Phi) is 7.16. The van der Waals surface area contributed by atoms with E-state index in [0.717, 1.165) is 5.56 Å². The molecule has 3 aromatic rings. The van der Waals surface area contributed by atoms with Crippen molar-refractivity contribution in [1.29, 1.82) is 5.26 Å². The molecule has 0 saturated heterocycles. The molecule has 3 rings (SSSR count). The lowest BCUT2D eigenvalue weighted by Crippen LogP contribution is -2.24. The number of carbonyl (C=O) groups is 2. The van der Waals surface area contributed by atoms with Crippen LogP contribution in [0.25, 0.3) is 0 Å². The summed E-state index contributed by atoms with van der Waals surface area (Å²) in [6.07, 6.45) is 0. The number of esters is 1. The Morgan fingerprint density at radius 1 is 1.06 bits per heavy atom. The highest BCUT2D eigenvalue weighted by molar-refractivity contribution is 6.00. The molecule has 0 spiro atoms. The largest absolute Gasteiger partial charge is 0.465 e. The van der Waals surface area contributed by atoms with Gasteiger partial charge in [-0.3, -0.25) is 9.63 Å². The second-order valence-electron chi connectivity index (χ2n) is 6.85. The lowest BCUT2D eigenvalue weighted by molar-refractivity contribution is 0.0234. The molecule has 8 heteroatoms. The summed E-state index contributed by atoms with van der Waals surface area (Å²) in [5.74, 6) is -1.95. The van der Waals surface area contributed by atoms with Crippen LogP contribution in [0.4, 0.5) is 15.8 Å². The van der Waals surface area contributed by atoms with E-state index in [1.807, 2.05) is 6.07 Å². The van der Waals surface area contributed by atoms with E-state index in [2.05, 4.69) is 15.5 Å². The smallest absolute Gasteiger partial charge is 0.340 e. The van der Waals surface area contributed by atoms with Crippen molar-refractivity contribution in [2.24, 2.45) is 0 Å². The molecule has 0 aliphatic carbocycles. The fourth-order valence-corrected chi connectivity index (χ4v) is 2.96. The Morgan fingerprint density at radius 3 is 2.47 bits per heavy atom. The minimum atomic E-state index is -0.795. The molecule has 0 saturated carbocycles. The van der Waals surface area contributed by atoms with Crippen molar-refractivity contribution in [2.45, 2.75) is 13.5 Å². The summed E-state index contributed by atoms with van der Waals surface area (Å²) in [6.45, 7) is 1.65. The van der Waals surface area contributed by atoms with Gasteiger partial charge in [-0.1, -0.05) is 24.3 Å². The fraction of sp³-hybridized carbons (Fsp3) is 0.125. The molecule has 3 aromatic carbocycles. The van der Waals surface area contributed by atoms with Gasteiger partial charge < -0.3 is 10.1 Å². The van der Waals surface area contributed by atoms with E-state index in [1.54, 1.807) is 48.5 Å². The number of rotatable bonds is 7. The van der Waals surface area contributed by atoms with E-state index < -0.39 is 17.7 Å². The number of aryl methyl sites for hydroxylation is 1. The number of carbonyl (C=O) groups excluding carboxylic acids is 2. The number of hydroxylamine groups is 1. The number of hydrogen-bond donors (Lipinski definition) is 2. The van der Waals surface area contributed by atoms with Crippen LogP contribution in [0.2, 0.25) is 0 Å². The monoisotopic (exact) mass is 433 g/mol. The van der Waals surface area contributed by atoms with Gasteiger partial charge in [0.2, 0.25) is 0 Å². The first-order chi connectivity index (χ1) is 15.4. The number of methoxy groups -OCH3 is 1. The van der Waals surface area contributed by atoms with Crippen LogP contribution in [0, 0.1) is 24.1 Å². The van der Waals surface area contributed by atoms with Crippen LogP contribution in [0.15, 0.2) is 60.7 Å². The number of nitrogens with one attached hydrogen (secondary N) is 2. The van der Waals surface area contributed by atoms with Crippen molar-refractivity contribution < 1.29 is 23.6 Å². The van der Waals surface area contributed by atoms with Gasteiger partial charge in [-0.2, -0.15) is 5.26 Å². The minimum Gasteiger partial charge on any atom is -0.465 e. The molecule has 0 unspecified atom stereocenters. The van der Waals surface area contributed by atoms with Crippen molar-refractivity contribution in [2.75, 3.05) is 12.4 Å². The molecule has 0 aliphatic rings. The molecule has 0 atom stereocenters. The topological polar surface area (TPSA) is 100 Å². The molecule has 7 nitrogen and oxygen atoms in total. The lowest BCUT2D eigenvalue weighted by atomic mass is 10.1. The maximum absolute atomic E-state index is 14.3. The number of ether oxygens (including phenoxy) is 1. The van der Waals surface area contributed by atoms with Crippen LogP contribution in [-0.2, 0) is 16.2 Å². The molecular formula is C24H20FN3O4. The van der Waals surface area contributed by atoms with Gasteiger partial charge in [0, 0.05) is 5.69 Å². The summed E-state index contributed by atoms with van der Waals surface area (Å²) in [5.41, 5.74) is 4.89. The minimum absolute atomic E-state index is 0.118. The number of nitrogens with zero attached hydrogens (tertiary/aromatic N) is 1. The van der Waals surface area contributed by atoms with Gasteiger partial charge in [0.15, 0.2) is 0 Å². The van der Waals surface area contributed by atoms with Gasteiger partial charge in [-0.15, -0.1) is 0 Å². The van der Waals surface area contributed by atoms with Gasteiger partial charge in [-0.05, 0) is 54.4 Å². The maximum Gasteiger partial charge on any atom is 0.340 e. The van der Waals surface area contributed by atoms with Crippen molar-refractivity contribution in [3.8, 4) is 6.07 Å². The second kappa shape index (κ2) is 10.2. The van der Waals surface area contributed by atoms with Crippen LogP contribution >= 0.6 is 0 Å². The first-order valence-electron chi connectivity index (χ1n) is 9.58. The SMILES string of the molecule is COC(=O)c1cc(Nc2ccccc2C(=O)NOCc2ccc(C#N)cc2)cc(C)c1F. The zero-order valence-electron chi connectivity index (χ0n) is 17.4. The number of amides is 1. The standard InChI is InChI=1S/C24H20FN3O4/c1-15-11-18(12-20(22(15)25)24(30)31-2)27-21-6-4-3-5-19(21)23(29)28-32-14-17-9-7-16(13-26)8-10-17/h3-12,27H,14H2,1-2H3,(H,28,29). The van der Waals surface area contributed by atoms with Gasteiger partial charge in [0.05, 0.1) is 42.2 Å². The molecule has 0 aromatic heterocycles. The molecule has 32 heavy (non-hydrogen) atoms. The van der Waals surface area contributed by atoms with Gasteiger partial charge in [0.1, 0.15) is 5.82 Å². The van der Waals surface area contributed by atoms with E-state index in [1.165, 1.54) is 26.2 Å². The third kappa shape index (κ3) is 5.28. The number of para-hydroxylation sites is 1. The Bertz CT molecular complexity index is 1190. The molecule has 0 heterocycles. The van der Waals surface area contributed by atoms with E-state index >= 15 is 0 Å². The number of nitriles is 1. The summed E-state index contributed by atoms with van der Waals surface area (Å²) in [7, 11) is 1.18. The predicted molar refractivity (Wildman–Crippen MR) is 116 cm³/mol. The second-order valence-corrected chi connectivity index (χ2v) is 6.85. The zero-order chi connectivity index (χ0) is 23.1. The molecule has 0 radical (unpaired) electrons. The summed E-state index contributed by atoms with van der Waals surface area (Å²) >= 11 is 0. The Balaban J connectivity index is 1.73. The van der Waals surface area contributed by atoms with Crippen molar-refractivity contribution >= 4 is 23.3 Å². The summed E-state index contributed by atoms with van der Waals surface area (Å²) < 4.78 is 18.9. The number of benzene rings is 3. The zero-order valence-corrected chi connectivity index (χ0v) is 17.4. The highest BCUT2D eigenvalue weighted by Crippen LogP contribution is 2.25. The number of halogens is 1. The fourth-order valence-electron chi connectivity index (χ4n) is 2.96. The normalized spacial score (nSPS) is 10.2. The van der Waals surface area contributed by atoms with Crippen molar-refractivity contribution in [3.63, 3.8) is 0 Å². The van der Waals surface area contributed by atoms with Crippen molar-refractivity contribution in [1.82, 2.24) is 5.48 Å². The van der Waals surface area contributed by atoms with Crippen LogP contribution in [0.5, 0.6) is 0 Å². The van der Waals surface area contributed by atoms with E-state index in [-0.39, 0.29) is 23.3 Å². The maximum atomic E-state index is 14.3. The molecule has 0 aliphatic heterocycles. The first kappa shape index (κ1) is 22.5. The summed E-state index contributed by atoms with van der Waals surface area (Å²) in [5, 5.41) is 11.9. The molecule has 1 amide bonds. The van der Waals surface area contributed by atoms with E-state index in [0.29, 0.717) is 16.9 Å². The highest BCUT2D eigenvalue weighted by Gasteiger charge is 2.17. The van der Waals surface area contributed by atoms with E-state index in [4.69, 9.17) is 10.1 Å². The Labute approximate surface area is 184 Å². The lowest BCUT2D eigenvalue weighted by Gasteiger charge is -2.14. The predicted octanol–water partition coefficient (Wildman–Crippen LogP) is 4.40. The molecule has 0 bridgehead atoms. The first-order valence-corrected chi connectivity index (χ1v) is 9.58. The summed E-state index contributed by atoms with van der Waals surface area (Å²) in [4.78, 5) is 29.8. The van der Waals surface area contributed by atoms with Gasteiger partial charge in [-0.25, -0.2) is 14.7 Å².